The second-order valence-corrected chi connectivity index (χ2v) is 6.20. The molecule has 4 heteroatoms. The molecule has 1 aromatic carbocycles. The summed E-state index contributed by atoms with van der Waals surface area (Å²) < 4.78 is 0. The smallest absolute Gasteiger partial charge is 0.0595 e. The number of hydrogen-bond donors (Lipinski definition) is 1. The van der Waals surface area contributed by atoms with Gasteiger partial charge in [-0.3, -0.25) is 0 Å². The van der Waals surface area contributed by atoms with Crippen molar-refractivity contribution >= 4 is 23.2 Å². The molecular weight excluding hydrogens is 279 g/mol. The average Bonchev–Trinajstić information content (AvgIpc) is 2.91. The number of rotatable bonds is 6. The van der Waals surface area contributed by atoms with E-state index in [0.717, 1.165) is 25.6 Å². The van der Waals surface area contributed by atoms with Gasteiger partial charge in [-0.1, -0.05) is 29.3 Å². The molecule has 1 fully saturated rings. The molecule has 1 saturated heterocycles. The fourth-order valence-electron chi connectivity index (χ4n) is 2.51. The molecule has 0 saturated carbocycles. The van der Waals surface area contributed by atoms with Crippen LogP contribution in [0.2, 0.25) is 10.0 Å². The van der Waals surface area contributed by atoms with Gasteiger partial charge >= 0.3 is 0 Å². The highest BCUT2D eigenvalue weighted by molar-refractivity contribution is 6.42. The molecule has 1 heterocycles. The van der Waals surface area contributed by atoms with E-state index in [1.807, 2.05) is 12.1 Å². The first-order chi connectivity index (χ1) is 9.15. The van der Waals surface area contributed by atoms with Gasteiger partial charge < -0.3 is 10.2 Å². The molecule has 0 spiro atoms. The number of likely N-dealkylation sites (N-methyl/N-ethyl adjacent to an activating group) is 1. The summed E-state index contributed by atoms with van der Waals surface area (Å²) in [7, 11) is 2.19. The Labute approximate surface area is 126 Å². The Morgan fingerprint density at radius 1 is 1.26 bits per heavy atom. The van der Waals surface area contributed by atoms with Crippen LogP contribution in [0.1, 0.15) is 24.8 Å². The Morgan fingerprint density at radius 3 is 2.79 bits per heavy atom. The fraction of sp³-hybridized carbons (Fsp3) is 0.600. The summed E-state index contributed by atoms with van der Waals surface area (Å²) in [5.74, 6) is 0. The van der Waals surface area contributed by atoms with Crippen molar-refractivity contribution in [2.45, 2.75) is 31.7 Å². The molecule has 2 rings (SSSR count). The summed E-state index contributed by atoms with van der Waals surface area (Å²) in [5, 5.41) is 4.82. The molecule has 1 unspecified atom stereocenters. The van der Waals surface area contributed by atoms with Gasteiger partial charge in [0.05, 0.1) is 10.0 Å². The largest absolute Gasteiger partial charge is 0.314 e. The molecule has 0 aromatic heterocycles. The van der Waals surface area contributed by atoms with Crippen molar-refractivity contribution in [1.82, 2.24) is 10.2 Å². The Bertz CT molecular complexity index is 403. The molecule has 0 aliphatic carbocycles. The van der Waals surface area contributed by atoms with Gasteiger partial charge in [0.1, 0.15) is 0 Å². The van der Waals surface area contributed by atoms with Gasteiger partial charge in [0, 0.05) is 12.6 Å². The first-order valence-electron chi connectivity index (χ1n) is 7.01. The normalized spacial score (nSPS) is 19.3. The van der Waals surface area contributed by atoms with Gasteiger partial charge in [0.2, 0.25) is 0 Å². The zero-order chi connectivity index (χ0) is 13.7. The van der Waals surface area contributed by atoms with Crippen molar-refractivity contribution in [3.8, 4) is 0 Å². The molecule has 19 heavy (non-hydrogen) atoms. The Kier molecular flexibility index (Phi) is 5.96. The highest BCUT2D eigenvalue weighted by atomic mass is 35.5. The second kappa shape index (κ2) is 7.49. The van der Waals surface area contributed by atoms with Crippen LogP contribution in [0.3, 0.4) is 0 Å². The molecule has 1 aromatic rings. The molecule has 1 atom stereocenters. The van der Waals surface area contributed by atoms with Gasteiger partial charge in [-0.25, -0.2) is 0 Å². The third-order valence-electron chi connectivity index (χ3n) is 3.79. The lowest BCUT2D eigenvalue weighted by molar-refractivity contribution is 0.316. The number of nitrogens with one attached hydrogen (secondary N) is 1. The number of benzene rings is 1. The minimum atomic E-state index is 0.631. The SMILES string of the molecule is CN(CCc1ccc(Cl)c(Cl)c1)CCC1CCCN1. The van der Waals surface area contributed by atoms with Crippen molar-refractivity contribution in [3.05, 3.63) is 33.8 Å². The van der Waals surface area contributed by atoms with E-state index in [4.69, 9.17) is 23.2 Å². The maximum absolute atomic E-state index is 6.02. The number of halogens is 2. The van der Waals surface area contributed by atoms with Gasteiger partial charge in [-0.15, -0.1) is 0 Å². The average molecular weight is 301 g/mol. The summed E-state index contributed by atoms with van der Waals surface area (Å²) in [6, 6.07) is 6.63. The molecule has 1 aliphatic rings. The molecular formula is C15H22Cl2N2. The van der Waals surface area contributed by atoms with Crippen LogP contribution in [0.15, 0.2) is 18.2 Å². The Balaban J connectivity index is 1.70. The topological polar surface area (TPSA) is 15.3 Å². The van der Waals surface area contributed by atoms with E-state index >= 15 is 0 Å². The summed E-state index contributed by atoms with van der Waals surface area (Å²) >= 11 is 11.9. The van der Waals surface area contributed by atoms with Crippen LogP contribution in [0.4, 0.5) is 0 Å². The van der Waals surface area contributed by atoms with Crippen LogP contribution in [0.25, 0.3) is 0 Å². The predicted octanol–water partition coefficient (Wildman–Crippen LogP) is 3.61. The molecule has 0 radical (unpaired) electrons. The first-order valence-corrected chi connectivity index (χ1v) is 7.76. The van der Waals surface area contributed by atoms with E-state index in [9.17, 15) is 0 Å². The van der Waals surface area contributed by atoms with E-state index in [1.165, 1.54) is 31.4 Å². The predicted molar refractivity (Wildman–Crippen MR) is 83.3 cm³/mol. The van der Waals surface area contributed by atoms with Crippen LogP contribution in [0.5, 0.6) is 0 Å². The van der Waals surface area contributed by atoms with Crippen LogP contribution in [-0.2, 0) is 6.42 Å². The summed E-state index contributed by atoms with van der Waals surface area (Å²) in [6.07, 6.45) is 4.93. The van der Waals surface area contributed by atoms with Crippen LogP contribution in [0, 0.1) is 0 Å². The summed E-state index contributed by atoms with van der Waals surface area (Å²) in [5.41, 5.74) is 1.25. The van der Waals surface area contributed by atoms with Crippen molar-refractivity contribution in [2.24, 2.45) is 0 Å². The minimum Gasteiger partial charge on any atom is -0.314 e. The molecule has 0 bridgehead atoms. The standard InChI is InChI=1S/C15H22Cl2N2/c1-19(10-7-13-3-2-8-18-13)9-6-12-4-5-14(16)15(17)11-12/h4-5,11,13,18H,2-3,6-10H2,1H3. The highest BCUT2D eigenvalue weighted by Crippen LogP contribution is 2.22. The monoisotopic (exact) mass is 300 g/mol. The molecule has 2 nitrogen and oxygen atoms in total. The van der Waals surface area contributed by atoms with Gasteiger partial charge in [-0.05, 0) is 63.5 Å². The Morgan fingerprint density at radius 2 is 2.11 bits per heavy atom. The molecule has 0 amide bonds. The zero-order valence-electron chi connectivity index (χ0n) is 11.5. The first kappa shape index (κ1) is 15.1. The maximum atomic E-state index is 6.02. The molecule has 1 N–H and O–H groups in total. The van der Waals surface area contributed by atoms with Gasteiger partial charge in [0.25, 0.3) is 0 Å². The molecule has 1 aliphatic heterocycles. The van der Waals surface area contributed by atoms with Crippen LogP contribution >= 0.6 is 23.2 Å². The van der Waals surface area contributed by atoms with E-state index in [2.05, 4.69) is 23.3 Å². The fourth-order valence-corrected chi connectivity index (χ4v) is 2.83. The lowest BCUT2D eigenvalue weighted by atomic mass is 10.1. The lowest BCUT2D eigenvalue weighted by Gasteiger charge is -2.19. The van der Waals surface area contributed by atoms with E-state index in [-0.39, 0.29) is 0 Å². The molecule has 106 valence electrons. The van der Waals surface area contributed by atoms with E-state index in [0.29, 0.717) is 10.0 Å². The number of hydrogen-bond acceptors (Lipinski definition) is 2. The van der Waals surface area contributed by atoms with Crippen LogP contribution < -0.4 is 5.32 Å². The second-order valence-electron chi connectivity index (χ2n) is 5.38. The summed E-state index contributed by atoms with van der Waals surface area (Å²) in [6.45, 7) is 3.40. The van der Waals surface area contributed by atoms with Crippen LogP contribution in [-0.4, -0.2) is 37.6 Å². The van der Waals surface area contributed by atoms with Crippen molar-refractivity contribution in [3.63, 3.8) is 0 Å². The third kappa shape index (κ3) is 4.96. The van der Waals surface area contributed by atoms with Gasteiger partial charge in [0.15, 0.2) is 0 Å². The maximum Gasteiger partial charge on any atom is 0.0595 e. The zero-order valence-corrected chi connectivity index (χ0v) is 13.0. The third-order valence-corrected chi connectivity index (χ3v) is 4.53. The van der Waals surface area contributed by atoms with Crippen molar-refractivity contribution < 1.29 is 0 Å². The van der Waals surface area contributed by atoms with Crippen molar-refractivity contribution in [1.29, 1.82) is 0 Å². The van der Waals surface area contributed by atoms with Crippen molar-refractivity contribution in [2.75, 3.05) is 26.7 Å². The quantitative estimate of drug-likeness (QED) is 0.863. The van der Waals surface area contributed by atoms with E-state index in [1.54, 1.807) is 0 Å². The van der Waals surface area contributed by atoms with E-state index < -0.39 is 0 Å². The minimum absolute atomic E-state index is 0.631. The van der Waals surface area contributed by atoms with Gasteiger partial charge in [-0.2, -0.15) is 0 Å². The highest BCUT2D eigenvalue weighted by Gasteiger charge is 2.14. The number of nitrogens with zero attached hydrogens (tertiary/aromatic N) is 1. The summed E-state index contributed by atoms with van der Waals surface area (Å²) in [4.78, 5) is 2.39. The Hall–Kier alpha value is -0.280. The lowest BCUT2D eigenvalue weighted by Crippen LogP contribution is -2.29.